The van der Waals surface area contributed by atoms with Crippen molar-refractivity contribution in [2.45, 2.75) is 13.8 Å². The van der Waals surface area contributed by atoms with Gasteiger partial charge in [-0.05, 0) is 17.8 Å². The zero-order valence-corrected chi connectivity index (χ0v) is 9.53. The topological polar surface area (TPSA) is 41.6 Å². The molecule has 0 spiro atoms. The Bertz CT molecular complexity index is 231. The van der Waals surface area contributed by atoms with Gasteiger partial charge in [-0.25, -0.2) is 4.79 Å². The molecule has 0 unspecified atom stereocenters. The van der Waals surface area contributed by atoms with Gasteiger partial charge in [0.05, 0.1) is 6.61 Å². The van der Waals surface area contributed by atoms with Gasteiger partial charge in [-0.15, -0.1) is 0 Å². The molecule has 1 N–H and O–H groups in total. The summed E-state index contributed by atoms with van der Waals surface area (Å²) in [5.41, 5.74) is 0. The zero-order chi connectivity index (χ0) is 10.8. The highest BCUT2D eigenvalue weighted by atomic mass is 16.6. The first-order valence-electron chi connectivity index (χ1n) is 5.79. The third-order valence-electron chi connectivity index (χ3n) is 3.19. The SMILES string of the molecule is CC(C)COC(=O)N1C[C@H]2CNC[C@H]2C1. The Kier molecular flexibility index (Phi) is 3.14. The Morgan fingerprint density at radius 1 is 1.40 bits per heavy atom. The van der Waals surface area contributed by atoms with Gasteiger partial charge in [0.1, 0.15) is 0 Å². The van der Waals surface area contributed by atoms with E-state index in [1.54, 1.807) is 0 Å². The van der Waals surface area contributed by atoms with Crippen LogP contribution in [0.15, 0.2) is 0 Å². The van der Waals surface area contributed by atoms with Crippen molar-refractivity contribution in [3.63, 3.8) is 0 Å². The molecule has 1 amide bonds. The van der Waals surface area contributed by atoms with Gasteiger partial charge in [-0.1, -0.05) is 13.8 Å². The van der Waals surface area contributed by atoms with Crippen LogP contribution in [0.5, 0.6) is 0 Å². The van der Waals surface area contributed by atoms with Crippen LogP contribution in [-0.4, -0.2) is 43.8 Å². The molecule has 2 rings (SSSR count). The van der Waals surface area contributed by atoms with Gasteiger partial charge in [0, 0.05) is 26.2 Å². The van der Waals surface area contributed by atoms with E-state index in [4.69, 9.17) is 4.74 Å². The van der Waals surface area contributed by atoms with E-state index in [0.29, 0.717) is 24.4 Å². The maximum atomic E-state index is 11.7. The summed E-state index contributed by atoms with van der Waals surface area (Å²) in [7, 11) is 0. The summed E-state index contributed by atoms with van der Waals surface area (Å²) in [6, 6.07) is 0. The number of amides is 1. The lowest BCUT2D eigenvalue weighted by molar-refractivity contribution is 0.0972. The third kappa shape index (κ3) is 2.43. The summed E-state index contributed by atoms with van der Waals surface area (Å²) < 4.78 is 5.22. The molecule has 0 aromatic heterocycles. The van der Waals surface area contributed by atoms with E-state index < -0.39 is 0 Å². The maximum absolute atomic E-state index is 11.7. The van der Waals surface area contributed by atoms with Crippen molar-refractivity contribution >= 4 is 6.09 Å². The number of carbonyl (C=O) groups excluding carboxylic acids is 1. The van der Waals surface area contributed by atoms with Crippen LogP contribution in [0.4, 0.5) is 4.79 Å². The van der Waals surface area contributed by atoms with E-state index in [0.717, 1.165) is 26.2 Å². The fraction of sp³-hybridized carbons (Fsp3) is 0.909. The number of likely N-dealkylation sites (tertiary alicyclic amines) is 1. The molecule has 0 aromatic carbocycles. The Balaban J connectivity index is 1.78. The maximum Gasteiger partial charge on any atom is 0.409 e. The predicted molar refractivity (Wildman–Crippen MR) is 57.6 cm³/mol. The lowest BCUT2D eigenvalue weighted by atomic mass is 10.0. The quantitative estimate of drug-likeness (QED) is 0.740. The molecular formula is C11H20N2O2. The molecule has 4 nitrogen and oxygen atoms in total. The Labute approximate surface area is 91.0 Å². The van der Waals surface area contributed by atoms with Gasteiger partial charge in [0.2, 0.25) is 0 Å². The summed E-state index contributed by atoms with van der Waals surface area (Å²) in [5, 5.41) is 3.36. The van der Waals surface area contributed by atoms with Crippen LogP contribution in [0, 0.1) is 17.8 Å². The first-order valence-corrected chi connectivity index (χ1v) is 5.79. The molecule has 2 atom stereocenters. The average Bonchev–Trinajstić information content (AvgIpc) is 2.72. The average molecular weight is 212 g/mol. The van der Waals surface area contributed by atoms with Gasteiger partial charge in [0.25, 0.3) is 0 Å². The third-order valence-corrected chi connectivity index (χ3v) is 3.19. The van der Waals surface area contributed by atoms with Crippen LogP contribution in [0.25, 0.3) is 0 Å². The normalized spacial score (nSPS) is 29.7. The van der Waals surface area contributed by atoms with E-state index in [9.17, 15) is 4.79 Å². The second-order valence-electron chi connectivity index (χ2n) is 5.05. The summed E-state index contributed by atoms with van der Waals surface area (Å²) in [5.74, 6) is 1.71. The first kappa shape index (κ1) is 10.7. The lowest BCUT2D eigenvalue weighted by Gasteiger charge is -2.17. The van der Waals surface area contributed by atoms with E-state index in [-0.39, 0.29) is 6.09 Å². The fourth-order valence-electron chi connectivity index (χ4n) is 2.33. The minimum atomic E-state index is -0.127. The van der Waals surface area contributed by atoms with Gasteiger partial charge < -0.3 is 15.0 Å². The number of fused-ring (bicyclic) bond motifs is 1. The van der Waals surface area contributed by atoms with Crippen LogP contribution in [-0.2, 0) is 4.74 Å². The molecule has 0 radical (unpaired) electrons. The minimum Gasteiger partial charge on any atom is -0.449 e. The first-order chi connectivity index (χ1) is 7.16. The molecule has 0 bridgehead atoms. The van der Waals surface area contributed by atoms with Crippen LogP contribution >= 0.6 is 0 Å². The largest absolute Gasteiger partial charge is 0.449 e. The minimum absolute atomic E-state index is 0.127. The van der Waals surface area contributed by atoms with Crippen molar-refractivity contribution in [2.24, 2.45) is 17.8 Å². The zero-order valence-electron chi connectivity index (χ0n) is 9.53. The van der Waals surface area contributed by atoms with Gasteiger partial charge in [0.15, 0.2) is 0 Å². The molecule has 0 aliphatic carbocycles. The summed E-state index contributed by atoms with van der Waals surface area (Å²) in [4.78, 5) is 13.5. The highest BCUT2D eigenvalue weighted by Gasteiger charge is 2.38. The van der Waals surface area contributed by atoms with Crippen LogP contribution in [0.1, 0.15) is 13.8 Å². The number of ether oxygens (including phenoxy) is 1. The summed E-state index contributed by atoms with van der Waals surface area (Å²) >= 11 is 0. The summed E-state index contributed by atoms with van der Waals surface area (Å²) in [6.07, 6.45) is -0.127. The summed E-state index contributed by atoms with van der Waals surface area (Å²) in [6.45, 7) is 8.48. The predicted octanol–water partition coefficient (Wildman–Crippen LogP) is 0.930. The molecule has 15 heavy (non-hydrogen) atoms. The van der Waals surface area contributed by atoms with E-state index >= 15 is 0 Å². The van der Waals surface area contributed by atoms with Crippen molar-refractivity contribution in [1.82, 2.24) is 10.2 Å². The monoisotopic (exact) mass is 212 g/mol. The Morgan fingerprint density at radius 3 is 2.53 bits per heavy atom. The molecule has 0 aromatic rings. The van der Waals surface area contributed by atoms with Crippen molar-refractivity contribution in [2.75, 3.05) is 32.8 Å². The van der Waals surface area contributed by atoms with Gasteiger partial charge in [-0.2, -0.15) is 0 Å². The highest BCUT2D eigenvalue weighted by molar-refractivity contribution is 5.68. The van der Waals surface area contributed by atoms with Crippen LogP contribution < -0.4 is 5.32 Å². The second kappa shape index (κ2) is 4.39. The Morgan fingerprint density at radius 2 is 2.00 bits per heavy atom. The van der Waals surface area contributed by atoms with Crippen molar-refractivity contribution in [1.29, 1.82) is 0 Å². The fourth-order valence-corrected chi connectivity index (χ4v) is 2.33. The molecule has 2 saturated heterocycles. The van der Waals surface area contributed by atoms with Crippen molar-refractivity contribution in [3.8, 4) is 0 Å². The standard InChI is InChI=1S/C11H20N2O2/c1-8(2)7-15-11(14)13-5-9-3-12-4-10(9)6-13/h8-10,12H,3-7H2,1-2H3/t9-,10+. The van der Waals surface area contributed by atoms with Crippen molar-refractivity contribution in [3.05, 3.63) is 0 Å². The molecule has 0 saturated carbocycles. The van der Waals surface area contributed by atoms with E-state index in [1.165, 1.54) is 0 Å². The van der Waals surface area contributed by atoms with Gasteiger partial charge in [-0.3, -0.25) is 0 Å². The van der Waals surface area contributed by atoms with Crippen molar-refractivity contribution < 1.29 is 9.53 Å². The molecule has 2 aliphatic rings. The number of carbonyl (C=O) groups is 1. The molecule has 2 aliphatic heterocycles. The number of rotatable bonds is 2. The molecule has 2 heterocycles. The second-order valence-corrected chi connectivity index (χ2v) is 5.05. The molecule has 2 fully saturated rings. The van der Waals surface area contributed by atoms with E-state index in [1.807, 2.05) is 4.90 Å². The van der Waals surface area contributed by atoms with Gasteiger partial charge >= 0.3 is 6.09 Å². The highest BCUT2D eigenvalue weighted by Crippen LogP contribution is 2.26. The van der Waals surface area contributed by atoms with Crippen LogP contribution in [0.2, 0.25) is 0 Å². The number of nitrogens with one attached hydrogen (secondary N) is 1. The Hall–Kier alpha value is -0.770. The smallest absolute Gasteiger partial charge is 0.409 e. The lowest BCUT2D eigenvalue weighted by Crippen LogP contribution is -2.33. The van der Waals surface area contributed by atoms with E-state index in [2.05, 4.69) is 19.2 Å². The molecular weight excluding hydrogens is 192 g/mol. The number of hydrogen-bond acceptors (Lipinski definition) is 3. The number of nitrogens with zero attached hydrogens (tertiary/aromatic N) is 1. The molecule has 4 heteroatoms. The van der Waals surface area contributed by atoms with Crippen LogP contribution in [0.3, 0.4) is 0 Å². The molecule has 86 valence electrons. The number of hydrogen-bond donors (Lipinski definition) is 1.